The van der Waals surface area contributed by atoms with E-state index < -0.39 is 20.7 Å². The summed E-state index contributed by atoms with van der Waals surface area (Å²) in [5.74, 6) is -0.800. The molecule has 0 aliphatic carbocycles. The Morgan fingerprint density at radius 1 is 1.38 bits per heavy atom. The van der Waals surface area contributed by atoms with Crippen LogP contribution in [-0.4, -0.2) is 64.5 Å². The van der Waals surface area contributed by atoms with Gasteiger partial charge in [0.2, 0.25) is 10.0 Å². The maximum absolute atomic E-state index is 13.7. The van der Waals surface area contributed by atoms with E-state index >= 15 is 0 Å². The summed E-state index contributed by atoms with van der Waals surface area (Å²) in [4.78, 5) is 3.83. The minimum Gasteiger partial charge on any atom is -0.399 e. The van der Waals surface area contributed by atoms with E-state index in [4.69, 9.17) is 5.73 Å². The molecule has 6 nitrogen and oxygen atoms in total. The molecule has 1 unspecified atom stereocenters. The van der Waals surface area contributed by atoms with Crippen molar-refractivity contribution in [1.82, 2.24) is 14.5 Å². The maximum Gasteiger partial charge on any atom is 0.243 e. The Morgan fingerprint density at radius 3 is 2.81 bits per heavy atom. The van der Waals surface area contributed by atoms with Crippen molar-refractivity contribution < 1.29 is 12.8 Å². The largest absolute Gasteiger partial charge is 0.399 e. The summed E-state index contributed by atoms with van der Waals surface area (Å²) < 4.78 is 40.5. The van der Waals surface area contributed by atoms with Crippen molar-refractivity contribution in [2.45, 2.75) is 10.9 Å². The van der Waals surface area contributed by atoms with Crippen LogP contribution in [0.15, 0.2) is 23.1 Å². The number of rotatable bonds is 4. The number of nitrogens with two attached hydrogens (primary N) is 1. The molecule has 0 amide bonds. The molecule has 2 rings (SSSR count). The van der Waals surface area contributed by atoms with Crippen LogP contribution in [0.3, 0.4) is 0 Å². The number of nitrogen functional groups attached to an aromatic ring is 1. The number of likely N-dealkylation sites (N-methyl/N-ethyl adjacent to an activating group) is 2. The highest BCUT2D eigenvalue weighted by atomic mass is 32.2. The van der Waals surface area contributed by atoms with Crippen LogP contribution in [-0.2, 0) is 10.0 Å². The molecule has 0 radical (unpaired) electrons. The lowest BCUT2D eigenvalue weighted by molar-refractivity contribution is 0.117. The van der Waals surface area contributed by atoms with Gasteiger partial charge in [0.05, 0.1) is 0 Å². The van der Waals surface area contributed by atoms with Crippen molar-refractivity contribution in [3.8, 4) is 0 Å². The maximum atomic E-state index is 13.7. The average Bonchev–Trinajstić information content (AvgIpc) is 2.42. The number of nitrogens with one attached hydrogen (secondary N) is 1. The third-order valence-corrected chi connectivity index (χ3v) is 5.17. The predicted molar refractivity (Wildman–Crippen MR) is 79.9 cm³/mol. The average molecular weight is 316 g/mol. The summed E-state index contributed by atoms with van der Waals surface area (Å²) in [6, 6.07) is 3.58. The highest BCUT2D eigenvalue weighted by molar-refractivity contribution is 7.89. The lowest BCUT2D eigenvalue weighted by Gasteiger charge is -2.37. The number of halogens is 1. The molecule has 1 aromatic carbocycles. The normalized spacial score (nSPS) is 21.6. The first-order valence-corrected chi connectivity index (χ1v) is 8.21. The second-order valence-electron chi connectivity index (χ2n) is 5.44. The zero-order valence-corrected chi connectivity index (χ0v) is 13.0. The molecule has 3 N–H and O–H groups in total. The monoisotopic (exact) mass is 316 g/mol. The lowest BCUT2D eigenvalue weighted by atomic mass is 10.2. The summed E-state index contributed by atoms with van der Waals surface area (Å²) in [5.41, 5.74) is 5.74. The molecule has 8 heteroatoms. The molecule has 1 heterocycles. The van der Waals surface area contributed by atoms with Crippen LogP contribution in [0.4, 0.5) is 10.1 Å². The molecule has 0 saturated carbocycles. The number of sulfonamides is 1. The molecule has 1 aliphatic rings. The number of hydrogen-bond acceptors (Lipinski definition) is 5. The molecule has 1 saturated heterocycles. The smallest absolute Gasteiger partial charge is 0.243 e. The Hall–Kier alpha value is -1.22. The molecule has 1 fully saturated rings. The van der Waals surface area contributed by atoms with E-state index in [1.54, 1.807) is 0 Å². The summed E-state index contributed by atoms with van der Waals surface area (Å²) in [7, 11) is 0.0396. The first-order chi connectivity index (χ1) is 9.79. The van der Waals surface area contributed by atoms with Gasteiger partial charge in [0.1, 0.15) is 10.7 Å². The van der Waals surface area contributed by atoms with Crippen molar-refractivity contribution in [2.24, 2.45) is 0 Å². The van der Waals surface area contributed by atoms with Crippen LogP contribution in [0, 0.1) is 5.82 Å². The van der Waals surface area contributed by atoms with Gasteiger partial charge in [-0.05, 0) is 32.3 Å². The van der Waals surface area contributed by atoms with E-state index in [1.807, 2.05) is 14.1 Å². The van der Waals surface area contributed by atoms with Gasteiger partial charge in [0.15, 0.2) is 0 Å². The molecular formula is C13H21FN4O2S. The zero-order chi connectivity index (χ0) is 15.6. The molecule has 21 heavy (non-hydrogen) atoms. The van der Waals surface area contributed by atoms with Crippen LogP contribution < -0.4 is 10.5 Å². The van der Waals surface area contributed by atoms with E-state index in [-0.39, 0.29) is 18.3 Å². The van der Waals surface area contributed by atoms with Gasteiger partial charge in [0.25, 0.3) is 0 Å². The molecule has 0 spiro atoms. The highest BCUT2D eigenvalue weighted by Gasteiger charge is 2.25. The summed E-state index contributed by atoms with van der Waals surface area (Å²) in [5, 5.41) is 0. The molecule has 1 aliphatic heterocycles. The van der Waals surface area contributed by atoms with Crippen LogP contribution in [0.25, 0.3) is 0 Å². The Kier molecular flexibility index (Phi) is 4.82. The van der Waals surface area contributed by atoms with Crippen LogP contribution in [0.1, 0.15) is 0 Å². The number of piperazine rings is 1. The fraction of sp³-hybridized carbons (Fsp3) is 0.538. The quantitative estimate of drug-likeness (QED) is 0.761. The van der Waals surface area contributed by atoms with Crippen molar-refractivity contribution in [3.05, 3.63) is 24.0 Å². The predicted octanol–water partition coefficient (Wildman–Crippen LogP) is -0.0680. The molecular weight excluding hydrogens is 295 g/mol. The lowest BCUT2D eigenvalue weighted by Crippen LogP contribution is -2.54. The minimum absolute atomic E-state index is 0.0580. The number of benzene rings is 1. The fourth-order valence-corrected chi connectivity index (χ4v) is 3.51. The summed E-state index contributed by atoms with van der Waals surface area (Å²) in [6.45, 7) is 2.81. The van der Waals surface area contributed by atoms with Gasteiger partial charge < -0.3 is 10.6 Å². The van der Waals surface area contributed by atoms with Crippen LogP contribution in [0.5, 0.6) is 0 Å². The van der Waals surface area contributed by atoms with E-state index in [2.05, 4.69) is 14.5 Å². The molecule has 118 valence electrons. The van der Waals surface area contributed by atoms with Crippen molar-refractivity contribution in [3.63, 3.8) is 0 Å². The first kappa shape index (κ1) is 16.2. The van der Waals surface area contributed by atoms with Crippen molar-refractivity contribution in [1.29, 1.82) is 0 Å². The Bertz CT molecular complexity index is 608. The van der Waals surface area contributed by atoms with E-state index in [9.17, 15) is 12.8 Å². The minimum atomic E-state index is -3.90. The first-order valence-electron chi connectivity index (χ1n) is 6.73. The van der Waals surface area contributed by atoms with Crippen LogP contribution in [0.2, 0.25) is 0 Å². The second-order valence-corrected chi connectivity index (χ2v) is 7.17. The summed E-state index contributed by atoms with van der Waals surface area (Å²) >= 11 is 0. The topological polar surface area (TPSA) is 78.7 Å². The SMILES string of the molecule is CN1CCN(C)C(CNS(=O)(=O)c2cc(N)ccc2F)C1. The second kappa shape index (κ2) is 6.27. The Morgan fingerprint density at radius 2 is 2.10 bits per heavy atom. The van der Waals surface area contributed by atoms with E-state index in [0.29, 0.717) is 0 Å². The Balaban J connectivity index is 2.09. The van der Waals surface area contributed by atoms with Gasteiger partial charge >= 0.3 is 0 Å². The van der Waals surface area contributed by atoms with Gasteiger partial charge in [-0.2, -0.15) is 0 Å². The van der Waals surface area contributed by atoms with Crippen molar-refractivity contribution >= 4 is 15.7 Å². The van der Waals surface area contributed by atoms with Gasteiger partial charge in [0, 0.05) is 37.9 Å². The zero-order valence-electron chi connectivity index (χ0n) is 12.2. The van der Waals surface area contributed by atoms with Crippen molar-refractivity contribution in [2.75, 3.05) is 46.0 Å². The third kappa shape index (κ3) is 3.91. The molecule has 1 aromatic rings. The van der Waals surface area contributed by atoms with E-state index in [0.717, 1.165) is 31.8 Å². The van der Waals surface area contributed by atoms with Gasteiger partial charge in [-0.1, -0.05) is 0 Å². The Labute approximate surface area is 124 Å². The van der Waals surface area contributed by atoms with E-state index in [1.165, 1.54) is 6.07 Å². The number of hydrogen-bond donors (Lipinski definition) is 2. The fourth-order valence-electron chi connectivity index (χ4n) is 2.33. The summed E-state index contributed by atoms with van der Waals surface area (Å²) in [6.07, 6.45) is 0. The molecule has 0 aromatic heterocycles. The highest BCUT2D eigenvalue weighted by Crippen LogP contribution is 2.17. The van der Waals surface area contributed by atoms with Gasteiger partial charge in [-0.25, -0.2) is 17.5 Å². The van der Waals surface area contributed by atoms with Gasteiger partial charge in [-0.15, -0.1) is 0 Å². The third-order valence-electron chi connectivity index (χ3n) is 3.73. The molecule has 0 bridgehead atoms. The number of nitrogens with zero attached hydrogens (tertiary/aromatic N) is 2. The van der Waals surface area contributed by atoms with Gasteiger partial charge in [-0.3, -0.25) is 4.90 Å². The molecule has 1 atom stereocenters. The van der Waals surface area contributed by atoms with Crippen LogP contribution >= 0.6 is 0 Å². The number of anilines is 1. The standard InChI is InChI=1S/C13H21FN4O2S/c1-17-5-6-18(2)11(9-17)8-16-21(19,20)13-7-10(15)3-4-12(13)14/h3-4,7,11,16H,5-6,8-9,15H2,1-2H3.